The van der Waals surface area contributed by atoms with Crippen molar-refractivity contribution in [2.45, 2.75) is 13.5 Å². The number of hydrogen-bond acceptors (Lipinski definition) is 2. The molecule has 1 unspecified atom stereocenters. The van der Waals surface area contributed by atoms with Gasteiger partial charge in [-0.15, -0.1) is 0 Å². The highest BCUT2D eigenvalue weighted by atomic mass is 16.1. The minimum atomic E-state index is -0.112. The summed E-state index contributed by atoms with van der Waals surface area (Å²) >= 11 is 0. The summed E-state index contributed by atoms with van der Waals surface area (Å²) in [5, 5.41) is 2.80. The van der Waals surface area contributed by atoms with E-state index in [9.17, 15) is 4.79 Å². The van der Waals surface area contributed by atoms with Crippen molar-refractivity contribution in [1.82, 2.24) is 10.3 Å². The van der Waals surface area contributed by atoms with Crippen LogP contribution in [0.1, 0.15) is 12.5 Å². The Balaban J connectivity index is 2.31. The molecule has 13 heavy (non-hydrogen) atoms. The van der Waals surface area contributed by atoms with Crippen molar-refractivity contribution in [3.63, 3.8) is 0 Å². The van der Waals surface area contributed by atoms with Gasteiger partial charge in [-0.05, 0) is 11.6 Å². The molecule has 0 saturated heterocycles. The van der Waals surface area contributed by atoms with Gasteiger partial charge in [0.2, 0.25) is 5.91 Å². The van der Waals surface area contributed by atoms with Crippen molar-refractivity contribution in [1.29, 1.82) is 0 Å². The van der Waals surface area contributed by atoms with Crippen LogP contribution in [-0.2, 0) is 11.3 Å². The monoisotopic (exact) mass is 181 g/mol. The molecule has 1 aromatic rings. The molecule has 0 fully saturated rings. The molecule has 1 amide bonds. The third-order valence-electron chi connectivity index (χ3n) is 1.93. The summed E-state index contributed by atoms with van der Waals surface area (Å²) < 4.78 is 0. The first-order valence-electron chi connectivity index (χ1n) is 4.33. The van der Waals surface area contributed by atoms with Crippen molar-refractivity contribution in [3.05, 3.63) is 24.0 Å². The van der Waals surface area contributed by atoms with Crippen LogP contribution in [0.3, 0.4) is 0 Å². The van der Waals surface area contributed by atoms with Crippen LogP contribution in [0.4, 0.5) is 0 Å². The summed E-state index contributed by atoms with van der Waals surface area (Å²) in [6.45, 7) is 2.76. The topological polar surface area (TPSA) is 70.9 Å². The van der Waals surface area contributed by atoms with E-state index < -0.39 is 0 Å². The highest BCUT2D eigenvalue weighted by molar-refractivity contribution is 5.78. The van der Waals surface area contributed by atoms with Gasteiger partial charge in [-0.1, -0.05) is 6.92 Å². The molecule has 1 rings (SSSR count). The molecule has 0 spiro atoms. The van der Waals surface area contributed by atoms with Crippen molar-refractivity contribution < 1.29 is 4.79 Å². The Morgan fingerprint density at radius 3 is 3.08 bits per heavy atom. The summed E-state index contributed by atoms with van der Waals surface area (Å²) in [6.07, 6.45) is 3.68. The molecule has 4 heteroatoms. The molecular formula is C9H15N3O. The molecule has 0 aliphatic heterocycles. The van der Waals surface area contributed by atoms with Crippen LogP contribution in [0.2, 0.25) is 0 Å². The number of nitrogens with two attached hydrogens (primary N) is 1. The van der Waals surface area contributed by atoms with Crippen LogP contribution in [0.5, 0.6) is 0 Å². The zero-order valence-corrected chi connectivity index (χ0v) is 7.71. The maximum Gasteiger partial charge on any atom is 0.224 e. The predicted octanol–water partition coefficient (Wildman–Crippen LogP) is 0.226. The van der Waals surface area contributed by atoms with E-state index in [1.807, 2.05) is 25.4 Å². The minimum Gasteiger partial charge on any atom is -0.367 e. The SMILES string of the molecule is CC(CN)C(=O)NCc1cc[nH]c1. The van der Waals surface area contributed by atoms with E-state index in [0.29, 0.717) is 13.1 Å². The van der Waals surface area contributed by atoms with Gasteiger partial charge in [0.15, 0.2) is 0 Å². The zero-order chi connectivity index (χ0) is 9.68. The number of amides is 1. The average molecular weight is 181 g/mol. The van der Waals surface area contributed by atoms with E-state index in [1.54, 1.807) is 0 Å². The third kappa shape index (κ3) is 2.91. The normalized spacial score (nSPS) is 12.5. The van der Waals surface area contributed by atoms with E-state index in [2.05, 4.69) is 10.3 Å². The molecule has 1 heterocycles. The molecule has 4 N–H and O–H groups in total. The maximum atomic E-state index is 11.3. The van der Waals surface area contributed by atoms with Gasteiger partial charge < -0.3 is 16.0 Å². The van der Waals surface area contributed by atoms with Gasteiger partial charge in [0, 0.05) is 31.4 Å². The summed E-state index contributed by atoms with van der Waals surface area (Å²) in [4.78, 5) is 14.2. The van der Waals surface area contributed by atoms with Gasteiger partial charge in [-0.2, -0.15) is 0 Å². The number of rotatable bonds is 4. The number of aromatic amines is 1. The Morgan fingerprint density at radius 2 is 2.54 bits per heavy atom. The van der Waals surface area contributed by atoms with Gasteiger partial charge in [0.25, 0.3) is 0 Å². The van der Waals surface area contributed by atoms with Gasteiger partial charge in [0.05, 0.1) is 0 Å². The fourth-order valence-electron chi connectivity index (χ4n) is 0.939. The highest BCUT2D eigenvalue weighted by Crippen LogP contribution is 1.97. The summed E-state index contributed by atoms with van der Waals surface area (Å²) in [6, 6.07) is 1.92. The lowest BCUT2D eigenvalue weighted by Gasteiger charge is -2.08. The van der Waals surface area contributed by atoms with E-state index in [4.69, 9.17) is 5.73 Å². The molecule has 0 aliphatic rings. The highest BCUT2D eigenvalue weighted by Gasteiger charge is 2.09. The molecule has 0 bridgehead atoms. The van der Waals surface area contributed by atoms with Gasteiger partial charge >= 0.3 is 0 Å². The Hall–Kier alpha value is -1.29. The molecule has 0 aromatic carbocycles. The molecule has 1 atom stereocenters. The van der Waals surface area contributed by atoms with Crippen molar-refractivity contribution in [2.24, 2.45) is 11.7 Å². The number of carbonyl (C=O) groups excluding carboxylic acids is 1. The molecule has 4 nitrogen and oxygen atoms in total. The van der Waals surface area contributed by atoms with Crippen LogP contribution >= 0.6 is 0 Å². The summed E-state index contributed by atoms with van der Waals surface area (Å²) in [7, 11) is 0. The molecule has 0 aliphatic carbocycles. The fourth-order valence-corrected chi connectivity index (χ4v) is 0.939. The Labute approximate surface area is 77.5 Å². The van der Waals surface area contributed by atoms with Crippen LogP contribution in [0.25, 0.3) is 0 Å². The molecular weight excluding hydrogens is 166 g/mol. The first-order valence-corrected chi connectivity index (χ1v) is 4.33. The number of hydrogen-bond donors (Lipinski definition) is 3. The van der Waals surface area contributed by atoms with E-state index >= 15 is 0 Å². The number of nitrogens with one attached hydrogen (secondary N) is 2. The lowest BCUT2D eigenvalue weighted by Crippen LogP contribution is -2.32. The van der Waals surface area contributed by atoms with E-state index in [0.717, 1.165) is 5.56 Å². The fraction of sp³-hybridized carbons (Fsp3) is 0.444. The average Bonchev–Trinajstić information content (AvgIpc) is 2.65. The largest absolute Gasteiger partial charge is 0.367 e. The number of H-pyrrole nitrogens is 1. The number of aromatic nitrogens is 1. The van der Waals surface area contributed by atoms with E-state index in [-0.39, 0.29) is 11.8 Å². The standard InChI is InChI=1S/C9H15N3O/c1-7(4-10)9(13)12-6-8-2-3-11-5-8/h2-3,5,7,11H,4,6,10H2,1H3,(H,12,13). The Bertz CT molecular complexity index is 256. The van der Waals surface area contributed by atoms with Crippen molar-refractivity contribution >= 4 is 5.91 Å². The van der Waals surface area contributed by atoms with Crippen LogP contribution in [0, 0.1) is 5.92 Å². The summed E-state index contributed by atoms with van der Waals surface area (Å²) in [5.41, 5.74) is 6.42. The molecule has 72 valence electrons. The molecule has 0 saturated carbocycles. The Kier molecular flexibility index (Phi) is 3.52. The van der Waals surface area contributed by atoms with Crippen LogP contribution in [0.15, 0.2) is 18.5 Å². The minimum absolute atomic E-state index is 0.00343. The maximum absolute atomic E-state index is 11.3. The second-order valence-corrected chi connectivity index (χ2v) is 3.07. The number of carbonyl (C=O) groups is 1. The molecule has 1 aromatic heterocycles. The second-order valence-electron chi connectivity index (χ2n) is 3.07. The van der Waals surface area contributed by atoms with Gasteiger partial charge in [-0.25, -0.2) is 0 Å². The first-order chi connectivity index (χ1) is 6.24. The second kappa shape index (κ2) is 4.67. The third-order valence-corrected chi connectivity index (χ3v) is 1.93. The van der Waals surface area contributed by atoms with Gasteiger partial charge in [0.1, 0.15) is 0 Å². The van der Waals surface area contributed by atoms with E-state index in [1.165, 1.54) is 0 Å². The van der Waals surface area contributed by atoms with Crippen molar-refractivity contribution in [3.8, 4) is 0 Å². The van der Waals surface area contributed by atoms with Crippen LogP contribution < -0.4 is 11.1 Å². The smallest absolute Gasteiger partial charge is 0.224 e. The zero-order valence-electron chi connectivity index (χ0n) is 7.71. The van der Waals surface area contributed by atoms with Crippen molar-refractivity contribution in [2.75, 3.05) is 6.54 Å². The molecule has 0 radical (unpaired) electrons. The summed E-state index contributed by atoms with van der Waals surface area (Å²) in [5.74, 6) is -0.109. The first kappa shape index (κ1) is 9.80. The lowest BCUT2D eigenvalue weighted by atomic mass is 10.1. The predicted molar refractivity (Wildman–Crippen MR) is 50.9 cm³/mol. The van der Waals surface area contributed by atoms with Crippen LogP contribution in [-0.4, -0.2) is 17.4 Å². The lowest BCUT2D eigenvalue weighted by molar-refractivity contribution is -0.124. The quantitative estimate of drug-likeness (QED) is 0.622. The van der Waals surface area contributed by atoms with Gasteiger partial charge in [-0.3, -0.25) is 4.79 Å². The Morgan fingerprint density at radius 1 is 1.77 bits per heavy atom.